The fourth-order valence-electron chi connectivity index (χ4n) is 3.98. The lowest BCUT2D eigenvalue weighted by atomic mass is 9.93. The van der Waals surface area contributed by atoms with Gasteiger partial charge in [-0.25, -0.2) is 0 Å². The number of halogens is 3. The minimum atomic E-state index is -4.39. The molecule has 1 atom stereocenters. The number of likely N-dealkylation sites (tertiary alicyclic amines) is 1. The maximum absolute atomic E-state index is 12.6. The Morgan fingerprint density at radius 3 is 2.55 bits per heavy atom. The van der Waals surface area contributed by atoms with E-state index in [0.29, 0.717) is 23.6 Å². The minimum absolute atomic E-state index is 0.0532. The quantitative estimate of drug-likeness (QED) is 0.585. The van der Waals surface area contributed by atoms with Crippen molar-refractivity contribution < 1.29 is 22.8 Å². The van der Waals surface area contributed by atoms with Crippen molar-refractivity contribution in [2.75, 3.05) is 18.4 Å². The van der Waals surface area contributed by atoms with Crippen LogP contribution in [0.5, 0.6) is 0 Å². The van der Waals surface area contributed by atoms with Crippen LogP contribution in [-0.4, -0.2) is 29.7 Å². The molecule has 0 spiro atoms. The highest BCUT2D eigenvalue weighted by Gasteiger charge is 2.30. The molecule has 31 heavy (non-hydrogen) atoms. The fraction of sp³-hybridized carbons (Fsp3) is 0.417. The largest absolute Gasteiger partial charge is 0.416 e. The summed E-state index contributed by atoms with van der Waals surface area (Å²) in [6.07, 6.45) is -1.21. The van der Waals surface area contributed by atoms with Crippen molar-refractivity contribution in [2.45, 2.75) is 45.3 Å². The molecular formula is C24H27F3N2O2. The molecule has 1 heterocycles. The third-order valence-electron chi connectivity index (χ3n) is 5.62. The fourth-order valence-corrected chi connectivity index (χ4v) is 3.98. The summed E-state index contributed by atoms with van der Waals surface area (Å²) in [5, 5.41) is 2.68. The first-order valence-electron chi connectivity index (χ1n) is 10.5. The SMILES string of the molecule is CC(=O)c1cccc(CN2CCC[C@@H](CCC(=O)Nc3ccc(C(F)(F)F)cc3)C2)c1. The average Bonchev–Trinajstić information content (AvgIpc) is 2.72. The molecule has 4 nitrogen and oxygen atoms in total. The van der Waals surface area contributed by atoms with Gasteiger partial charge in [-0.1, -0.05) is 18.2 Å². The van der Waals surface area contributed by atoms with E-state index in [4.69, 9.17) is 0 Å². The normalized spacial score (nSPS) is 17.4. The number of nitrogens with one attached hydrogen (secondary N) is 1. The van der Waals surface area contributed by atoms with E-state index in [1.165, 1.54) is 12.1 Å². The first-order chi connectivity index (χ1) is 14.7. The Morgan fingerprint density at radius 2 is 1.87 bits per heavy atom. The molecular weight excluding hydrogens is 405 g/mol. The lowest BCUT2D eigenvalue weighted by molar-refractivity contribution is -0.137. The van der Waals surface area contributed by atoms with Crippen LogP contribution in [0.25, 0.3) is 0 Å². The van der Waals surface area contributed by atoms with Crippen LogP contribution in [0.3, 0.4) is 0 Å². The van der Waals surface area contributed by atoms with Gasteiger partial charge in [-0.2, -0.15) is 13.2 Å². The summed E-state index contributed by atoms with van der Waals surface area (Å²) >= 11 is 0. The van der Waals surface area contributed by atoms with E-state index in [1.54, 1.807) is 6.92 Å². The number of Topliss-reactive ketones (excluding diaryl/α,β-unsaturated/α-hetero) is 1. The number of ketones is 1. The Bertz CT molecular complexity index is 910. The highest BCUT2D eigenvalue weighted by Crippen LogP contribution is 2.30. The summed E-state index contributed by atoms with van der Waals surface area (Å²) in [5.74, 6) is 0.256. The molecule has 1 aliphatic heterocycles. The monoisotopic (exact) mass is 432 g/mol. The number of hydrogen-bond acceptors (Lipinski definition) is 3. The van der Waals surface area contributed by atoms with Crippen LogP contribution in [0, 0.1) is 5.92 Å². The highest BCUT2D eigenvalue weighted by atomic mass is 19.4. The maximum atomic E-state index is 12.6. The zero-order valence-corrected chi connectivity index (χ0v) is 17.5. The molecule has 3 rings (SSSR count). The van der Waals surface area contributed by atoms with Crippen LogP contribution in [0.4, 0.5) is 18.9 Å². The topological polar surface area (TPSA) is 49.4 Å². The van der Waals surface area contributed by atoms with Crippen molar-refractivity contribution in [2.24, 2.45) is 5.92 Å². The zero-order valence-electron chi connectivity index (χ0n) is 17.5. The van der Waals surface area contributed by atoms with E-state index in [2.05, 4.69) is 10.2 Å². The van der Waals surface area contributed by atoms with Gasteiger partial charge in [0.05, 0.1) is 5.56 Å². The zero-order chi connectivity index (χ0) is 22.4. The molecule has 1 amide bonds. The van der Waals surface area contributed by atoms with Crippen molar-refractivity contribution in [1.82, 2.24) is 4.90 Å². The lowest BCUT2D eigenvalue weighted by Gasteiger charge is -2.32. The molecule has 1 fully saturated rings. The molecule has 0 saturated carbocycles. The summed E-state index contributed by atoms with van der Waals surface area (Å²) in [4.78, 5) is 26.2. The Balaban J connectivity index is 1.46. The van der Waals surface area contributed by atoms with Crippen molar-refractivity contribution in [3.05, 3.63) is 65.2 Å². The summed E-state index contributed by atoms with van der Waals surface area (Å²) in [6, 6.07) is 12.2. The molecule has 7 heteroatoms. The van der Waals surface area contributed by atoms with Crippen LogP contribution in [0.2, 0.25) is 0 Å². The number of benzene rings is 2. The molecule has 1 aliphatic rings. The molecule has 1 saturated heterocycles. The van der Waals surface area contributed by atoms with E-state index >= 15 is 0 Å². The Kier molecular flexibility index (Phi) is 7.49. The van der Waals surface area contributed by atoms with Gasteiger partial charge in [0.25, 0.3) is 0 Å². The standard InChI is InChI=1S/C24H27F3N2O2/c1-17(30)20-6-2-4-19(14-20)16-29-13-3-5-18(15-29)7-12-23(31)28-22-10-8-21(9-11-22)24(25,26)27/h2,4,6,8-11,14,18H,3,5,7,12-13,15-16H2,1H3,(H,28,31)/t18-/m0/s1. The van der Waals surface area contributed by atoms with E-state index in [1.807, 2.05) is 24.3 Å². The number of nitrogens with zero attached hydrogens (tertiary/aromatic N) is 1. The molecule has 0 aliphatic carbocycles. The summed E-state index contributed by atoms with van der Waals surface area (Å²) in [7, 11) is 0. The van der Waals surface area contributed by atoms with Gasteiger partial charge in [0.2, 0.25) is 5.91 Å². The Morgan fingerprint density at radius 1 is 1.13 bits per heavy atom. The number of alkyl halides is 3. The van der Waals surface area contributed by atoms with Crippen LogP contribution >= 0.6 is 0 Å². The van der Waals surface area contributed by atoms with Gasteiger partial charge in [-0.05, 0) is 74.5 Å². The summed E-state index contributed by atoms with van der Waals surface area (Å²) < 4.78 is 37.9. The van der Waals surface area contributed by atoms with Gasteiger partial charge in [0.1, 0.15) is 0 Å². The molecule has 0 bridgehead atoms. The number of hydrogen-bond donors (Lipinski definition) is 1. The van der Waals surface area contributed by atoms with Crippen molar-refractivity contribution >= 4 is 17.4 Å². The number of amides is 1. The second-order valence-corrected chi connectivity index (χ2v) is 8.16. The first kappa shape index (κ1) is 23.0. The predicted molar refractivity (Wildman–Crippen MR) is 114 cm³/mol. The average molecular weight is 432 g/mol. The van der Waals surface area contributed by atoms with E-state index in [0.717, 1.165) is 56.6 Å². The molecule has 166 valence electrons. The van der Waals surface area contributed by atoms with E-state index in [-0.39, 0.29) is 11.7 Å². The smallest absolute Gasteiger partial charge is 0.326 e. The molecule has 0 radical (unpaired) electrons. The third kappa shape index (κ3) is 6.92. The van der Waals surface area contributed by atoms with Gasteiger partial charge in [0.15, 0.2) is 5.78 Å². The number of piperidine rings is 1. The second-order valence-electron chi connectivity index (χ2n) is 8.16. The third-order valence-corrected chi connectivity index (χ3v) is 5.62. The van der Waals surface area contributed by atoms with Crippen LogP contribution in [0.15, 0.2) is 48.5 Å². The van der Waals surface area contributed by atoms with Crippen LogP contribution < -0.4 is 5.32 Å². The first-order valence-corrected chi connectivity index (χ1v) is 10.5. The van der Waals surface area contributed by atoms with Crippen molar-refractivity contribution in [3.8, 4) is 0 Å². The highest BCUT2D eigenvalue weighted by molar-refractivity contribution is 5.94. The van der Waals surface area contributed by atoms with Gasteiger partial charge in [0, 0.05) is 30.8 Å². The number of carbonyl (C=O) groups is 2. The molecule has 0 aromatic heterocycles. The number of anilines is 1. The minimum Gasteiger partial charge on any atom is -0.326 e. The van der Waals surface area contributed by atoms with Gasteiger partial charge in [-0.15, -0.1) is 0 Å². The predicted octanol–water partition coefficient (Wildman–Crippen LogP) is 5.54. The molecule has 2 aromatic rings. The maximum Gasteiger partial charge on any atom is 0.416 e. The lowest BCUT2D eigenvalue weighted by Crippen LogP contribution is -2.35. The van der Waals surface area contributed by atoms with Crippen LogP contribution in [0.1, 0.15) is 54.1 Å². The summed E-state index contributed by atoms with van der Waals surface area (Å²) in [6.45, 7) is 4.21. The summed E-state index contributed by atoms with van der Waals surface area (Å²) in [5.41, 5.74) is 1.45. The van der Waals surface area contributed by atoms with Crippen molar-refractivity contribution in [1.29, 1.82) is 0 Å². The van der Waals surface area contributed by atoms with Crippen LogP contribution in [-0.2, 0) is 17.5 Å². The van der Waals surface area contributed by atoms with Gasteiger partial charge in [-0.3, -0.25) is 14.5 Å². The van der Waals surface area contributed by atoms with Crippen molar-refractivity contribution in [3.63, 3.8) is 0 Å². The molecule has 2 aromatic carbocycles. The van der Waals surface area contributed by atoms with E-state index in [9.17, 15) is 22.8 Å². The van der Waals surface area contributed by atoms with Gasteiger partial charge >= 0.3 is 6.18 Å². The van der Waals surface area contributed by atoms with Gasteiger partial charge < -0.3 is 5.32 Å². The molecule has 1 N–H and O–H groups in total. The molecule has 0 unspecified atom stereocenters. The number of carbonyl (C=O) groups excluding carboxylic acids is 2. The number of rotatable bonds is 7. The Labute approximate surface area is 180 Å². The second kappa shape index (κ2) is 10.1. The Hall–Kier alpha value is -2.67. The van der Waals surface area contributed by atoms with E-state index < -0.39 is 11.7 Å².